The number of nitrogens with one attached hydrogen (secondary N) is 1. The molecule has 2 aromatic carbocycles. The Morgan fingerprint density at radius 3 is 2.35 bits per heavy atom. The normalized spacial score (nSPS) is 17.4. The van der Waals surface area contributed by atoms with E-state index in [1.807, 2.05) is 0 Å². The third kappa shape index (κ3) is 2.03. The number of hydrogen-bond donors (Lipinski definition) is 4. The third-order valence-corrected chi connectivity index (χ3v) is 3.48. The molecule has 3 rings (SSSR count). The predicted molar refractivity (Wildman–Crippen MR) is 73.0 cm³/mol. The van der Waals surface area contributed by atoms with Crippen molar-refractivity contribution in [3.05, 3.63) is 47.5 Å². The molecule has 1 aliphatic heterocycles. The van der Waals surface area contributed by atoms with Crippen molar-refractivity contribution in [3.63, 3.8) is 0 Å². The second kappa shape index (κ2) is 4.45. The number of amides is 1. The van der Waals surface area contributed by atoms with E-state index >= 15 is 0 Å². The first-order valence-corrected chi connectivity index (χ1v) is 6.19. The van der Waals surface area contributed by atoms with E-state index in [0.29, 0.717) is 5.69 Å². The van der Waals surface area contributed by atoms with E-state index in [0.717, 1.165) is 11.1 Å². The molecule has 0 saturated carbocycles. The summed E-state index contributed by atoms with van der Waals surface area (Å²) in [6, 6.07) is 9.40. The van der Waals surface area contributed by atoms with Gasteiger partial charge in [-0.2, -0.15) is 0 Å². The van der Waals surface area contributed by atoms with Crippen LogP contribution in [0.3, 0.4) is 0 Å². The van der Waals surface area contributed by atoms with E-state index in [1.165, 1.54) is 12.1 Å². The van der Waals surface area contributed by atoms with Crippen LogP contribution in [0.1, 0.15) is 23.5 Å². The highest BCUT2D eigenvalue weighted by molar-refractivity contribution is 5.95. The number of aromatic hydroxyl groups is 3. The maximum Gasteiger partial charge on any atom is 0.225 e. The lowest BCUT2D eigenvalue weighted by Crippen LogP contribution is -2.23. The highest BCUT2D eigenvalue weighted by Gasteiger charge is 2.27. The highest BCUT2D eigenvalue weighted by atomic mass is 16.3. The molecular formula is C15H13NO4. The van der Waals surface area contributed by atoms with Gasteiger partial charge in [-0.1, -0.05) is 12.1 Å². The summed E-state index contributed by atoms with van der Waals surface area (Å²) >= 11 is 0. The Bertz CT molecular complexity index is 679. The Morgan fingerprint density at radius 2 is 1.65 bits per heavy atom. The van der Waals surface area contributed by atoms with Gasteiger partial charge in [0, 0.05) is 24.1 Å². The number of phenolic OH excluding ortho intramolecular Hbond substituents is 3. The molecule has 2 aromatic rings. The molecule has 1 unspecified atom stereocenters. The first-order valence-electron chi connectivity index (χ1n) is 6.19. The van der Waals surface area contributed by atoms with Crippen LogP contribution in [-0.4, -0.2) is 21.2 Å². The fourth-order valence-corrected chi connectivity index (χ4v) is 2.49. The van der Waals surface area contributed by atoms with Crippen LogP contribution in [0.4, 0.5) is 5.69 Å². The number of carbonyl (C=O) groups is 1. The van der Waals surface area contributed by atoms with Gasteiger partial charge < -0.3 is 20.6 Å². The molecule has 1 atom stereocenters. The molecule has 20 heavy (non-hydrogen) atoms. The maximum absolute atomic E-state index is 11.8. The van der Waals surface area contributed by atoms with E-state index in [2.05, 4.69) is 5.32 Å². The summed E-state index contributed by atoms with van der Waals surface area (Å²) < 4.78 is 0. The number of anilines is 1. The number of hydrogen-bond acceptors (Lipinski definition) is 4. The smallest absolute Gasteiger partial charge is 0.225 e. The van der Waals surface area contributed by atoms with Gasteiger partial charge in [0.05, 0.1) is 0 Å². The van der Waals surface area contributed by atoms with Gasteiger partial charge >= 0.3 is 0 Å². The Morgan fingerprint density at radius 1 is 1.00 bits per heavy atom. The van der Waals surface area contributed by atoms with Gasteiger partial charge in [0.1, 0.15) is 5.75 Å². The van der Waals surface area contributed by atoms with Crippen molar-refractivity contribution in [2.75, 3.05) is 5.32 Å². The fourth-order valence-electron chi connectivity index (χ4n) is 2.49. The number of rotatable bonds is 1. The molecule has 0 radical (unpaired) electrons. The molecule has 0 bridgehead atoms. The lowest BCUT2D eigenvalue weighted by atomic mass is 9.84. The van der Waals surface area contributed by atoms with E-state index in [9.17, 15) is 20.1 Å². The van der Waals surface area contributed by atoms with Gasteiger partial charge in [-0.3, -0.25) is 4.79 Å². The summed E-state index contributed by atoms with van der Waals surface area (Å²) in [5.41, 5.74) is 2.10. The molecule has 0 aromatic heterocycles. The maximum atomic E-state index is 11.8. The molecule has 1 amide bonds. The van der Waals surface area contributed by atoms with E-state index in [-0.39, 0.29) is 35.5 Å². The Kier molecular flexibility index (Phi) is 2.75. The average molecular weight is 271 g/mol. The number of carbonyl (C=O) groups excluding carboxylic acids is 1. The second-order valence-corrected chi connectivity index (χ2v) is 4.82. The van der Waals surface area contributed by atoms with Crippen LogP contribution in [0.5, 0.6) is 17.2 Å². The SMILES string of the molecule is O=C1CC(c2ccc(O)cc2)c2cc(O)c(O)cc2N1. The van der Waals surface area contributed by atoms with E-state index < -0.39 is 0 Å². The molecule has 1 aliphatic rings. The zero-order valence-corrected chi connectivity index (χ0v) is 10.5. The molecule has 0 saturated heterocycles. The lowest BCUT2D eigenvalue weighted by Gasteiger charge is -2.26. The van der Waals surface area contributed by atoms with Gasteiger partial charge in [-0.05, 0) is 29.3 Å². The predicted octanol–water partition coefficient (Wildman–Crippen LogP) is 2.28. The fraction of sp³-hybridized carbons (Fsp3) is 0.133. The van der Waals surface area contributed by atoms with Crippen LogP contribution >= 0.6 is 0 Å². The number of benzene rings is 2. The molecular weight excluding hydrogens is 258 g/mol. The van der Waals surface area contributed by atoms with E-state index in [1.54, 1.807) is 24.3 Å². The Balaban J connectivity index is 2.12. The Hall–Kier alpha value is -2.69. The molecule has 0 spiro atoms. The minimum Gasteiger partial charge on any atom is -0.508 e. The van der Waals surface area contributed by atoms with E-state index in [4.69, 9.17) is 0 Å². The molecule has 0 fully saturated rings. The van der Waals surface area contributed by atoms with Crippen molar-refractivity contribution in [1.29, 1.82) is 0 Å². The topological polar surface area (TPSA) is 89.8 Å². The summed E-state index contributed by atoms with van der Waals surface area (Å²) in [7, 11) is 0. The minimum atomic E-state index is -0.268. The van der Waals surface area contributed by atoms with Gasteiger partial charge in [-0.15, -0.1) is 0 Å². The monoisotopic (exact) mass is 271 g/mol. The Labute approximate surface area is 115 Å². The van der Waals surface area contributed by atoms with Crippen LogP contribution in [0.25, 0.3) is 0 Å². The van der Waals surface area contributed by atoms with Crippen molar-refractivity contribution in [2.45, 2.75) is 12.3 Å². The molecule has 5 nitrogen and oxygen atoms in total. The lowest BCUT2D eigenvalue weighted by molar-refractivity contribution is -0.116. The average Bonchev–Trinajstić information content (AvgIpc) is 2.41. The minimum absolute atomic E-state index is 0.152. The first kappa shape index (κ1) is 12.3. The van der Waals surface area contributed by atoms with Crippen molar-refractivity contribution in [3.8, 4) is 17.2 Å². The van der Waals surface area contributed by atoms with Crippen molar-refractivity contribution >= 4 is 11.6 Å². The van der Waals surface area contributed by atoms with Crippen LogP contribution in [0.2, 0.25) is 0 Å². The molecule has 1 heterocycles. The number of phenols is 3. The van der Waals surface area contributed by atoms with Gasteiger partial charge in [-0.25, -0.2) is 0 Å². The summed E-state index contributed by atoms with van der Waals surface area (Å²) in [4.78, 5) is 11.8. The number of fused-ring (bicyclic) bond motifs is 1. The highest BCUT2D eigenvalue weighted by Crippen LogP contribution is 2.42. The van der Waals surface area contributed by atoms with Gasteiger partial charge in [0.2, 0.25) is 5.91 Å². The molecule has 5 heteroatoms. The van der Waals surface area contributed by atoms with Crippen molar-refractivity contribution < 1.29 is 20.1 Å². The molecule has 0 aliphatic carbocycles. The van der Waals surface area contributed by atoms with Crippen LogP contribution in [-0.2, 0) is 4.79 Å². The molecule has 4 N–H and O–H groups in total. The molecule has 102 valence electrons. The summed E-state index contributed by atoms with van der Waals surface area (Å²) in [5.74, 6) is -0.701. The van der Waals surface area contributed by atoms with Gasteiger partial charge in [0.25, 0.3) is 0 Å². The summed E-state index contributed by atoms with van der Waals surface area (Å²) in [6.07, 6.45) is 0.252. The quantitative estimate of drug-likeness (QED) is 0.473. The summed E-state index contributed by atoms with van der Waals surface area (Å²) in [6.45, 7) is 0. The van der Waals surface area contributed by atoms with Crippen molar-refractivity contribution in [1.82, 2.24) is 0 Å². The van der Waals surface area contributed by atoms with Crippen LogP contribution in [0.15, 0.2) is 36.4 Å². The van der Waals surface area contributed by atoms with Crippen LogP contribution in [0, 0.1) is 0 Å². The van der Waals surface area contributed by atoms with Crippen molar-refractivity contribution in [2.24, 2.45) is 0 Å². The largest absolute Gasteiger partial charge is 0.508 e. The summed E-state index contributed by atoms with van der Waals surface area (Å²) in [5, 5.41) is 31.2. The second-order valence-electron chi connectivity index (χ2n) is 4.82. The third-order valence-electron chi connectivity index (χ3n) is 3.48. The van der Waals surface area contributed by atoms with Gasteiger partial charge in [0.15, 0.2) is 11.5 Å². The zero-order chi connectivity index (χ0) is 14.3. The van der Waals surface area contributed by atoms with Crippen LogP contribution < -0.4 is 5.32 Å². The zero-order valence-electron chi connectivity index (χ0n) is 10.5. The standard InChI is InChI=1S/C15H13NO4/c17-9-3-1-8(2-4-9)10-6-15(20)16-12-7-14(19)13(18)5-11(10)12/h1-5,7,10,17-19H,6H2,(H,16,20). The first-order chi connectivity index (χ1) is 9.54.